The maximum atomic E-state index is 11.9. The lowest BCUT2D eigenvalue weighted by Crippen LogP contribution is -2.29. The molecule has 1 atom stereocenters. The zero-order chi connectivity index (χ0) is 20.9. The Balaban J connectivity index is 1.46. The van der Waals surface area contributed by atoms with Gasteiger partial charge in [-0.3, -0.25) is 4.79 Å². The second-order valence-corrected chi connectivity index (χ2v) is 7.65. The van der Waals surface area contributed by atoms with Crippen molar-refractivity contribution in [2.24, 2.45) is 0 Å². The highest BCUT2D eigenvalue weighted by Gasteiger charge is 2.29. The third-order valence-electron chi connectivity index (χ3n) is 3.93. The molecule has 7 heteroatoms. The largest absolute Gasteiger partial charge is 0.460 e. The Labute approximate surface area is 169 Å². The van der Waals surface area contributed by atoms with Crippen molar-refractivity contribution in [3.63, 3.8) is 0 Å². The minimum absolute atomic E-state index is 0.00859. The SMILES string of the molecule is CC(C)(C)OC(=O)CC1Oc2ccc(CNC(=O)OCc3ccccc3)cc2O1. The molecule has 1 heterocycles. The van der Waals surface area contributed by atoms with Gasteiger partial charge in [-0.25, -0.2) is 4.79 Å². The van der Waals surface area contributed by atoms with E-state index in [1.807, 2.05) is 36.4 Å². The van der Waals surface area contributed by atoms with Gasteiger partial charge in [0.1, 0.15) is 18.6 Å². The van der Waals surface area contributed by atoms with Gasteiger partial charge in [-0.15, -0.1) is 0 Å². The van der Waals surface area contributed by atoms with Crippen LogP contribution in [0.25, 0.3) is 0 Å². The lowest BCUT2D eigenvalue weighted by atomic mass is 10.2. The Hall–Kier alpha value is -3.22. The van der Waals surface area contributed by atoms with Crippen molar-refractivity contribution in [1.82, 2.24) is 5.32 Å². The lowest BCUT2D eigenvalue weighted by molar-refractivity contribution is -0.159. The van der Waals surface area contributed by atoms with Crippen molar-refractivity contribution >= 4 is 12.1 Å². The van der Waals surface area contributed by atoms with Gasteiger partial charge in [0.2, 0.25) is 0 Å². The van der Waals surface area contributed by atoms with Gasteiger partial charge in [-0.05, 0) is 44.0 Å². The van der Waals surface area contributed by atoms with Crippen LogP contribution in [0, 0.1) is 0 Å². The Bertz CT molecular complexity index is 859. The van der Waals surface area contributed by atoms with Crippen molar-refractivity contribution in [2.45, 2.75) is 52.2 Å². The van der Waals surface area contributed by atoms with Crippen LogP contribution >= 0.6 is 0 Å². The quantitative estimate of drug-likeness (QED) is 0.741. The van der Waals surface area contributed by atoms with E-state index in [9.17, 15) is 9.59 Å². The Kier molecular flexibility index (Phi) is 6.26. The van der Waals surface area contributed by atoms with Gasteiger partial charge in [0.15, 0.2) is 11.5 Å². The maximum Gasteiger partial charge on any atom is 0.407 e. The normalized spacial score (nSPS) is 14.9. The van der Waals surface area contributed by atoms with Crippen LogP contribution in [0.2, 0.25) is 0 Å². The Morgan fingerprint density at radius 2 is 1.72 bits per heavy atom. The number of alkyl carbamates (subject to hydrolysis) is 1. The Morgan fingerprint density at radius 1 is 1.00 bits per heavy atom. The molecule has 1 amide bonds. The van der Waals surface area contributed by atoms with E-state index in [1.165, 1.54) is 0 Å². The molecule has 154 valence electrons. The number of benzene rings is 2. The number of amides is 1. The summed E-state index contributed by atoms with van der Waals surface area (Å²) in [6.45, 7) is 5.90. The van der Waals surface area contributed by atoms with Crippen LogP contribution < -0.4 is 14.8 Å². The number of carbonyl (C=O) groups excluding carboxylic acids is 2. The van der Waals surface area contributed by atoms with E-state index in [2.05, 4.69) is 5.32 Å². The van der Waals surface area contributed by atoms with Gasteiger partial charge in [-0.2, -0.15) is 0 Å². The molecule has 0 fully saturated rings. The van der Waals surface area contributed by atoms with E-state index >= 15 is 0 Å². The van der Waals surface area contributed by atoms with Crippen LogP contribution in [0.4, 0.5) is 4.79 Å². The first-order valence-electron chi connectivity index (χ1n) is 9.41. The van der Waals surface area contributed by atoms with Crippen LogP contribution in [-0.2, 0) is 27.4 Å². The molecule has 29 heavy (non-hydrogen) atoms. The zero-order valence-corrected chi connectivity index (χ0v) is 16.8. The smallest absolute Gasteiger partial charge is 0.407 e. The van der Waals surface area contributed by atoms with Crippen LogP contribution in [0.5, 0.6) is 11.5 Å². The van der Waals surface area contributed by atoms with Gasteiger partial charge < -0.3 is 24.3 Å². The summed E-state index contributed by atoms with van der Waals surface area (Å²) in [7, 11) is 0. The molecule has 0 aliphatic carbocycles. The summed E-state index contributed by atoms with van der Waals surface area (Å²) < 4.78 is 21.8. The second kappa shape index (κ2) is 8.86. The molecule has 1 N–H and O–H groups in total. The second-order valence-electron chi connectivity index (χ2n) is 7.65. The van der Waals surface area contributed by atoms with E-state index in [1.54, 1.807) is 32.9 Å². The van der Waals surface area contributed by atoms with Crippen molar-refractivity contribution in [1.29, 1.82) is 0 Å². The fourth-order valence-corrected chi connectivity index (χ4v) is 2.71. The highest BCUT2D eigenvalue weighted by Crippen LogP contribution is 2.36. The van der Waals surface area contributed by atoms with Gasteiger partial charge in [-0.1, -0.05) is 36.4 Å². The summed E-state index contributed by atoms with van der Waals surface area (Å²) >= 11 is 0. The molecular formula is C22H25NO6. The van der Waals surface area contributed by atoms with Crippen molar-refractivity contribution in [3.05, 3.63) is 59.7 Å². The average Bonchev–Trinajstić information content (AvgIpc) is 3.05. The number of nitrogens with one attached hydrogen (secondary N) is 1. The first kappa shape index (κ1) is 20.5. The van der Waals surface area contributed by atoms with Crippen LogP contribution in [0.3, 0.4) is 0 Å². The molecule has 0 saturated carbocycles. The molecule has 0 aromatic heterocycles. The molecule has 3 rings (SSSR count). The van der Waals surface area contributed by atoms with Gasteiger partial charge in [0.25, 0.3) is 6.29 Å². The minimum atomic E-state index is -0.723. The molecule has 2 aromatic carbocycles. The molecule has 0 radical (unpaired) electrons. The summed E-state index contributed by atoms with van der Waals surface area (Å²) in [4.78, 5) is 23.8. The third-order valence-corrected chi connectivity index (χ3v) is 3.93. The number of hydrogen-bond acceptors (Lipinski definition) is 6. The standard InChI is InChI=1S/C22H25NO6/c1-22(2,3)29-19(24)12-20-27-17-10-9-16(11-18(17)28-20)13-23-21(25)26-14-15-7-5-4-6-8-15/h4-11,20H,12-14H2,1-3H3,(H,23,25). The predicted molar refractivity (Wildman–Crippen MR) is 105 cm³/mol. The van der Waals surface area contributed by atoms with Crippen LogP contribution in [0.15, 0.2) is 48.5 Å². The van der Waals surface area contributed by atoms with E-state index in [0.717, 1.165) is 11.1 Å². The highest BCUT2D eigenvalue weighted by atomic mass is 16.7. The first-order valence-corrected chi connectivity index (χ1v) is 9.41. The van der Waals surface area contributed by atoms with E-state index in [-0.39, 0.29) is 19.6 Å². The molecule has 2 aromatic rings. The van der Waals surface area contributed by atoms with E-state index in [0.29, 0.717) is 11.5 Å². The summed E-state index contributed by atoms with van der Waals surface area (Å²) in [5.74, 6) is 0.683. The van der Waals surface area contributed by atoms with Crippen LogP contribution in [0.1, 0.15) is 38.3 Å². The number of rotatable bonds is 6. The molecular weight excluding hydrogens is 374 g/mol. The topological polar surface area (TPSA) is 83.1 Å². The van der Waals surface area contributed by atoms with E-state index in [4.69, 9.17) is 18.9 Å². The Morgan fingerprint density at radius 3 is 2.45 bits per heavy atom. The van der Waals surface area contributed by atoms with Crippen LogP contribution in [-0.4, -0.2) is 24.0 Å². The first-order chi connectivity index (χ1) is 13.8. The highest BCUT2D eigenvalue weighted by molar-refractivity contribution is 5.70. The summed E-state index contributed by atoms with van der Waals surface area (Å²) in [6.07, 6.45) is -1.24. The number of carbonyl (C=O) groups is 2. The average molecular weight is 399 g/mol. The molecule has 1 aliphatic heterocycles. The third kappa shape index (κ3) is 6.41. The summed E-state index contributed by atoms with van der Waals surface area (Å²) in [5.41, 5.74) is 1.18. The molecule has 0 bridgehead atoms. The monoisotopic (exact) mass is 399 g/mol. The fourth-order valence-electron chi connectivity index (χ4n) is 2.71. The predicted octanol–water partition coefficient (Wildman–Crippen LogP) is 3.94. The van der Waals surface area contributed by atoms with E-state index < -0.39 is 24.0 Å². The molecule has 0 spiro atoms. The number of fused-ring (bicyclic) bond motifs is 1. The molecule has 1 unspecified atom stereocenters. The molecule has 0 saturated heterocycles. The fraction of sp³-hybridized carbons (Fsp3) is 0.364. The number of ether oxygens (including phenoxy) is 4. The number of hydrogen-bond donors (Lipinski definition) is 1. The summed E-state index contributed by atoms with van der Waals surface area (Å²) in [6, 6.07) is 14.8. The summed E-state index contributed by atoms with van der Waals surface area (Å²) in [5, 5.41) is 2.70. The van der Waals surface area contributed by atoms with Crippen molar-refractivity contribution in [2.75, 3.05) is 0 Å². The molecule has 7 nitrogen and oxygen atoms in total. The maximum absolute atomic E-state index is 11.9. The molecule has 1 aliphatic rings. The van der Waals surface area contributed by atoms with Gasteiger partial charge in [0.05, 0.1) is 0 Å². The zero-order valence-electron chi connectivity index (χ0n) is 16.8. The lowest BCUT2D eigenvalue weighted by Gasteiger charge is -2.20. The van der Waals surface area contributed by atoms with Crippen molar-refractivity contribution in [3.8, 4) is 11.5 Å². The van der Waals surface area contributed by atoms with Gasteiger partial charge >= 0.3 is 12.1 Å². The van der Waals surface area contributed by atoms with Gasteiger partial charge in [0, 0.05) is 6.54 Å². The minimum Gasteiger partial charge on any atom is -0.460 e. The van der Waals surface area contributed by atoms with Crippen molar-refractivity contribution < 1.29 is 28.5 Å². The number of esters is 1.